The molecule has 1 unspecified atom stereocenters. The highest BCUT2D eigenvalue weighted by Gasteiger charge is 2.36. The van der Waals surface area contributed by atoms with E-state index in [0.29, 0.717) is 6.04 Å². The van der Waals surface area contributed by atoms with Gasteiger partial charge in [-0.3, -0.25) is 5.01 Å². The maximum atomic E-state index is 4.88. The molecule has 0 aromatic heterocycles. The lowest BCUT2D eigenvalue weighted by molar-refractivity contribution is 0.548. The highest BCUT2D eigenvalue weighted by atomic mass is 15.6. The predicted molar refractivity (Wildman–Crippen MR) is 84.8 cm³/mol. The van der Waals surface area contributed by atoms with Crippen molar-refractivity contribution in [3.05, 3.63) is 47.0 Å². The molecule has 0 bridgehead atoms. The monoisotopic (exact) mass is 268 g/mol. The summed E-state index contributed by atoms with van der Waals surface area (Å²) in [5, 5.41) is 7.12. The molecule has 1 aliphatic carbocycles. The van der Waals surface area contributed by atoms with E-state index in [-0.39, 0.29) is 0 Å². The first-order valence-corrected chi connectivity index (χ1v) is 7.93. The van der Waals surface area contributed by atoms with Crippen LogP contribution in [-0.2, 0) is 0 Å². The van der Waals surface area contributed by atoms with Gasteiger partial charge in [0.15, 0.2) is 0 Å². The van der Waals surface area contributed by atoms with Gasteiger partial charge >= 0.3 is 0 Å². The van der Waals surface area contributed by atoms with Gasteiger partial charge in [0.2, 0.25) is 0 Å². The van der Waals surface area contributed by atoms with Crippen LogP contribution in [0.4, 0.5) is 0 Å². The third-order valence-electron chi connectivity index (χ3n) is 4.23. The molecule has 1 saturated heterocycles. The van der Waals surface area contributed by atoms with E-state index in [4.69, 9.17) is 5.10 Å². The van der Waals surface area contributed by atoms with Crippen molar-refractivity contribution in [2.24, 2.45) is 5.10 Å². The van der Waals surface area contributed by atoms with Gasteiger partial charge in [-0.1, -0.05) is 62.6 Å². The number of allylic oxidation sites excluding steroid dienone is 2. The van der Waals surface area contributed by atoms with Crippen LogP contribution < -0.4 is 0 Å². The molecule has 1 heterocycles. The van der Waals surface area contributed by atoms with E-state index in [1.54, 1.807) is 11.1 Å². The highest BCUT2D eigenvalue weighted by molar-refractivity contribution is 6.08. The van der Waals surface area contributed by atoms with Crippen LogP contribution in [0.25, 0.3) is 0 Å². The summed E-state index contributed by atoms with van der Waals surface area (Å²) < 4.78 is 0. The molecule has 2 nitrogen and oxygen atoms in total. The van der Waals surface area contributed by atoms with Gasteiger partial charge < -0.3 is 0 Å². The van der Waals surface area contributed by atoms with E-state index >= 15 is 0 Å². The predicted octanol–water partition coefficient (Wildman–Crippen LogP) is 4.70. The second-order valence-corrected chi connectivity index (χ2v) is 5.85. The first-order valence-electron chi connectivity index (χ1n) is 7.93. The molecule has 1 fully saturated rings. The van der Waals surface area contributed by atoms with Crippen molar-refractivity contribution in [2.75, 3.05) is 6.54 Å². The topological polar surface area (TPSA) is 15.4 Å². The summed E-state index contributed by atoms with van der Waals surface area (Å²) >= 11 is 0. The summed E-state index contributed by atoms with van der Waals surface area (Å²) in [7, 11) is 0. The first-order chi connectivity index (χ1) is 9.83. The van der Waals surface area contributed by atoms with Gasteiger partial charge in [0.25, 0.3) is 0 Å². The number of nitrogens with zero attached hydrogens (tertiary/aromatic N) is 2. The first kappa shape index (κ1) is 13.4. The summed E-state index contributed by atoms with van der Waals surface area (Å²) in [5.74, 6) is 0. The maximum absolute atomic E-state index is 4.88. The molecule has 1 aromatic rings. The van der Waals surface area contributed by atoms with Gasteiger partial charge in [-0.05, 0) is 24.0 Å². The standard InChI is InChI=1S/C18H24N2/c1-3-8-15-12-17(16(15)9-4-2)19-20-13-18(20)14-10-6-5-7-11-14/h5-7,10-11,18H,3-4,8-9,12-13H2,1-2H3/b19-17-. The zero-order valence-electron chi connectivity index (χ0n) is 12.6. The summed E-state index contributed by atoms with van der Waals surface area (Å²) in [6, 6.07) is 11.2. The Hall–Kier alpha value is -1.57. The average molecular weight is 268 g/mol. The molecule has 2 aliphatic rings. The van der Waals surface area contributed by atoms with E-state index in [1.165, 1.54) is 37.0 Å². The van der Waals surface area contributed by atoms with Gasteiger partial charge in [0.05, 0.1) is 18.3 Å². The molecular weight excluding hydrogens is 244 g/mol. The third kappa shape index (κ3) is 2.65. The van der Waals surface area contributed by atoms with Crippen LogP contribution in [-0.4, -0.2) is 17.3 Å². The largest absolute Gasteiger partial charge is 0.285 e. The van der Waals surface area contributed by atoms with Crippen LogP contribution in [0, 0.1) is 0 Å². The normalized spacial score (nSPS) is 23.2. The van der Waals surface area contributed by atoms with Crippen LogP contribution in [0.3, 0.4) is 0 Å². The van der Waals surface area contributed by atoms with Crippen LogP contribution >= 0.6 is 0 Å². The van der Waals surface area contributed by atoms with Crippen LogP contribution in [0.15, 0.2) is 46.6 Å². The third-order valence-corrected chi connectivity index (χ3v) is 4.23. The second-order valence-electron chi connectivity index (χ2n) is 5.85. The number of rotatable bonds is 6. The number of hydrogen-bond acceptors (Lipinski definition) is 2. The quantitative estimate of drug-likeness (QED) is 0.683. The minimum Gasteiger partial charge on any atom is -0.285 e. The fraction of sp³-hybridized carbons (Fsp3) is 0.500. The second kappa shape index (κ2) is 5.82. The summed E-state index contributed by atoms with van der Waals surface area (Å²) in [5.41, 5.74) is 5.97. The Kier molecular flexibility index (Phi) is 3.90. The number of hydrazone groups is 1. The SMILES string of the molecule is CCCC1=C(CCC)/C(=N\N2CC2c2ccccc2)C1. The van der Waals surface area contributed by atoms with Gasteiger partial charge in [-0.15, -0.1) is 0 Å². The highest BCUT2D eigenvalue weighted by Crippen LogP contribution is 2.38. The Morgan fingerprint density at radius 1 is 1.10 bits per heavy atom. The van der Waals surface area contributed by atoms with Gasteiger partial charge in [0.1, 0.15) is 0 Å². The molecular formula is C18H24N2. The van der Waals surface area contributed by atoms with Crippen molar-refractivity contribution in [3.8, 4) is 0 Å². The molecule has 0 radical (unpaired) electrons. The van der Waals surface area contributed by atoms with E-state index in [2.05, 4.69) is 49.2 Å². The Labute approximate surface area is 122 Å². The van der Waals surface area contributed by atoms with Gasteiger partial charge in [-0.25, -0.2) is 0 Å². The minimum absolute atomic E-state index is 0.516. The average Bonchev–Trinajstić information content (AvgIpc) is 3.24. The zero-order valence-corrected chi connectivity index (χ0v) is 12.6. The van der Waals surface area contributed by atoms with E-state index in [9.17, 15) is 0 Å². The fourth-order valence-corrected chi connectivity index (χ4v) is 3.07. The van der Waals surface area contributed by atoms with Gasteiger partial charge in [-0.2, -0.15) is 5.10 Å². The van der Waals surface area contributed by atoms with E-state index in [1.807, 2.05) is 0 Å². The maximum Gasteiger partial charge on any atom is 0.0913 e. The molecule has 0 spiro atoms. The van der Waals surface area contributed by atoms with Crippen molar-refractivity contribution in [2.45, 2.75) is 52.0 Å². The van der Waals surface area contributed by atoms with Crippen LogP contribution in [0.5, 0.6) is 0 Å². The summed E-state index contributed by atoms with van der Waals surface area (Å²) in [6.07, 6.45) is 6.07. The molecule has 1 atom stereocenters. The van der Waals surface area contributed by atoms with Crippen LogP contribution in [0.1, 0.15) is 57.6 Å². The fourth-order valence-electron chi connectivity index (χ4n) is 3.07. The summed E-state index contributed by atoms with van der Waals surface area (Å²) in [4.78, 5) is 0. The molecule has 1 aliphatic heterocycles. The molecule has 20 heavy (non-hydrogen) atoms. The molecule has 0 saturated carbocycles. The van der Waals surface area contributed by atoms with Gasteiger partial charge in [0, 0.05) is 6.42 Å². The lowest BCUT2D eigenvalue weighted by Gasteiger charge is -2.26. The Bertz CT molecular complexity index is 528. The van der Waals surface area contributed by atoms with Crippen molar-refractivity contribution in [3.63, 3.8) is 0 Å². The Morgan fingerprint density at radius 2 is 1.85 bits per heavy atom. The molecule has 0 N–H and O–H groups in total. The number of hydrogen-bond donors (Lipinski definition) is 0. The smallest absolute Gasteiger partial charge is 0.0913 e. The van der Waals surface area contributed by atoms with Crippen molar-refractivity contribution < 1.29 is 0 Å². The van der Waals surface area contributed by atoms with E-state index in [0.717, 1.165) is 13.0 Å². The Morgan fingerprint density at radius 3 is 2.55 bits per heavy atom. The Balaban J connectivity index is 1.67. The van der Waals surface area contributed by atoms with Crippen molar-refractivity contribution in [1.82, 2.24) is 5.01 Å². The summed E-state index contributed by atoms with van der Waals surface area (Å²) in [6.45, 7) is 5.61. The van der Waals surface area contributed by atoms with Crippen molar-refractivity contribution in [1.29, 1.82) is 0 Å². The lowest BCUT2D eigenvalue weighted by atomic mass is 9.81. The minimum atomic E-state index is 0.516. The van der Waals surface area contributed by atoms with E-state index < -0.39 is 0 Å². The molecule has 0 amide bonds. The van der Waals surface area contributed by atoms with Crippen LogP contribution in [0.2, 0.25) is 0 Å². The molecule has 1 aromatic carbocycles. The molecule has 106 valence electrons. The lowest BCUT2D eigenvalue weighted by Crippen LogP contribution is -2.20. The zero-order chi connectivity index (χ0) is 13.9. The number of benzene rings is 1. The molecule has 3 rings (SSSR count). The molecule has 2 heteroatoms. The van der Waals surface area contributed by atoms with Crippen molar-refractivity contribution >= 4 is 5.71 Å².